The van der Waals surface area contributed by atoms with Crippen LogP contribution < -0.4 is 0 Å². The summed E-state index contributed by atoms with van der Waals surface area (Å²) in [5, 5.41) is 8.38. The van der Waals surface area contributed by atoms with Crippen molar-refractivity contribution >= 4 is 11.8 Å². The first-order valence-corrected chi connectivity index (χ1v) is 3.52. The van der Waals surface area contributed by atoms with Crippen molar-refractivity contribution in [1.82, 2.24) is 0 Å². The van der Waals surface area contributed by atoms with Gasteiger partial charge in [0.1, 0.15) is 0 Å². The van der Waals surface area contributed by atoms with Crippen LogP contribution in [0.4, 0.5) is 0 Å². The average molecular weight is 247 g/mol. The van der Waals surface area contributed by atoms with Gasteiger partial charge in [0.05, 0.1) is 0 Å². The molecule has 0 aromatic rings. The fourth-order valence-corrected chi connectivity index (χ4v) is 0.622. The van der Waals surface area contributed by atoms with Gasteiger partial charge in [-0.1, -0.05) is 6.92 Å². The Labute approximate surface area is 91.0 Å². The summed E-state index contributed by atoms with van der Waals surface area (Å²) in [4.78, 5) is 21.0. The van der Waals surface area contributed by atoms with E-state index in [4.69, 9.17) is 5.11 Å². The van der Waals surface area contributed by atoms with Crippen LogP contribution in [0.2, 0.25) is 0 Å². The van der Waals surface area contributed by atoms with Gasteiger partial charge in [0, 0.05) is 38.2 Å². The van der Waals surface area contributed by atoms with Crippen LogP contribution in [0, 0.1) is 0 Å². The number of hydrogen-bond donors (Lipinski definition) is 1. The Morgan fingerprint density at radius 2 is 1.92 bits per heavy atom. The molecule has 0 unspecified atom stereocenters. The van der Waals surface area contributed by atoms with E-state index in [1.165, 1.54) is 13.0 Å². The molecule has 0 aliphatic rings. The van der Waals surface area contributed by atoms with Gasteiger partial charge in [-0.05, 0) is 19.4 Å². The first-order valence-electron chi connectivity index (χ1n) is 3.52. The third-order valence-corrected chi connectivity index (χ3v) is 1.21. The summed E-state index contributed by atoms with van der Waals surface area (Å²) in [6, 6.07) is 0. The Bertz CT molecular complexity index is 196. The molecule has 66 valence electrons. The van der Waals surface area contributed by atoms with E-state index in [1.807, 2.05) is 6.92 Å². The molecule has 1 N–H and O–H groups in total. The van der Waals surface area contributed by atoms with Gasteiger partial charge >= 0.3 is 5.97 Å². The minimum absolute atomic E-state index is 0. The van der Waals surface area contributed by atoms with Crippen LogP contribution in [-0.4, -0.2) is 16.9 Å². The molecule has 0 saturated heterocycles. The number of carbonyl (C=O) groups is 2. The Kier molecular flexibility index (Phi) is 8.83. The molecule has 0 aliphatic heterocycles. The van der Waals surface area contributed by atoms with E-state index in [0.29, 0.717) is 6.42 Å². The number of carbonyl (C=O) groups excluding carboxylic acids is 1. The summed E-state index contributed by atoms with van der Waals surface area (Å²) in [5.41, 5.74) is 0.100. The van der Waals surface area contributed by atoms with Crippen molar-refractivity contribution in [2.45, 2.75) is 26.7 Å². The van der Waals surface area contributed by atoms with E-state index in [-0.39, 0.29) is 37.6 Å². The van der Waals surface area contributed by atoms with Gasteiger partial charge in [0.15, 0.2) is 5.78 Å². The number of rotatable bonds is 4. The molecule has 0 rings (SSSR count). The summed E-state index contributed by atoms with van der Waals surface area (Å²) in [6.07, 6.45) is 2.35. The largest absolute Gasteiger partial charge is 0.478 e. The smallest absolute Gasteiger partial charge is 0.331 e. The summed E-state index contributed by atoms with van der Waals surface area (Å²) < 4.78 is 0. The zero-order chi connectivity index (χ0) is 8.85. The van der Waals surface area contributed by atoms with Crippen LogP contribution in [-0.2, 0) is 35.8 Å². The van der Waals surface area contributed by atoms with E-state index >= 15 is 0 Å². The van der Waals surface area contributed by atoms with Crippen molar-refractivity contribution in [3.63, 3.8) is 0 Å². The van der Waals surface area contributed by atoms with Crippen LogP contribution in [0.25, 0.3) is 0 Å². The van der Waals surface area contributed by atoms with Gasteiger partial charge in [0.25, 0.3) is 0 Å². The number of carboxylic acids is 1. The van der Waals surface area contributed by atoms with Gasteiger partial charge in [0.2, 0.25) is 0 Å². The monoisotopic (exact) mass is 246 g/mol. The maximum atomic E-state index is 10.8. The Morgan fingerprint density at radius 3 is 2.25 bits per heavy atom. The number of hydrogen-bond acceptors (Lipinski definition) is 2. The zero-order valence-electron chi connectivity index (χ0n) is 7.26. The molecule has 0 aromatic heterocycles. The summed E-state index contributed by atoms with van der Waals surface area (Å²) in [5.74, 6) is -1.15. The molecule has 0 radical (unpaired) electrons. The predicted molar refractivity (Wildman–Crippen MR) is 41.3 cm³/mol. The maximum Gasteiger partial charge on any atom is 0.331 e. The third-order valence-electron chi connectivity index (χ3n) is 1.21. The van der Waals surface area contributed by atoms with Gasteiger partial charge in [-0.15, -0.1) is 0 Å². The minimum atomic E-state index is -1.03. The fourth-order valence-electron chi connectivity index (χ4n) is 0.622. The molecule has 4 heteroatoms. The molecule has 0 bridgehead atoms. The minimum Gasteiger partial charge on any atom is -0.478 e. The van der Waals surface area contributed by atoms with Gasteiger partial charge in [-0.25, -0.2) is 4.79 Å². The van der Waals surface area contributed by atoms with Crippen LogP contribution in [0.5, 0.6) is 0 Å². The quantitative estimate of drug-likeness (QED) is 0.764. The molecule has 0 fully saturated rings. The second-order valence-corrected chi connectivity index (χ2v) is 2.35. The molecule has 0 heterocycles. The summed E-state index contributed by atoms with van der Waals surface area (Å²) in [6.45, 7) is 3.29. The average Bonchev–Trinajstić information content (AvgIpc) is 1.87. The van der Waals surface area contributed by atoms with E-state index < -0.39 is 5.97 Å². The van der Waals surface area contributed by atoms with Gasteiger partial charge < -0.3 is 5.11 Å². The molecular weight excluding hydrogens is 235 g/mol. The van der Waals surface area contributed by atoms with Crippen LogP contribution in [0.1, 0.15) is 26.7 Å². The topological polar surface area (TPSA) is 54.4 Å². The Morgan fingerprint density at radius 1 is 1.42 bits per heavy atom. The second kappa shape index (κ2) is 7.41. The first-order chi connectivity index (χ1) is 5.07. The van der Waals surface area contributed by atoms with E-state index in [2.05, 4.69) is 0 Å². The number of allylic oxidation sites excluding steroid dienone is 1. The van der Waals surface area contributed by atoms with Crippen molar-refractivity contribution < 1.29 is 40.9 Å². The second-order valence-electron chi connectivity index (χ2n) is 2.35. The number of carboxylic acid groups (broad SMARTS) is 1. The predicted octanol–water partition coefficient (Wildman–Crippen LogP) is 1.38. The Hall–Kier alpha value is -0.237. The molecule has 0 saturated carbocycles. The molecular formula is C8H12O3Zr. The van der Waals surface area contributed by atoms with E-state index in [1.54, 1.807) is 0 Å². The number of ketones is 1. The molecule has 0 aliphatic carbocycles. The Balaban J connectivity index is 0. The van der Waals surface area contributed by atoms with E-state index in [9.17, 15) is 9.59 Å². The van der Waals surface area contributed by atoms with Crippen molar-refractivity contribution in [3.8, 4) is 0 Å². The molecule has 0 atom stereocenters. The summed E-state index contributed by atoms with van der Waals surface area (Å²) in [7, 11) is 0. The van der Waals surface area contributed by atoms with Crippen molar-refractivity contribution in [2.75, 3.05) is 0 Å². The number of aliphatic carboxylic acids is 1. The normalized spacial score (nSPS) is 10.3. The molecule has 3 nitrogen and oxygen atoms in total. The van der Waals surface area contributed by atoms with Crippen molar-refractivity contribution in [3.05, 3.63) is 11.6 Å². The zero-order valence-corrected chi connectivity index (χ0v) is 9.71. The van der Waals surface area contributed by atoms with Gasteiger partial charge in [-0.3, -0.25) is 4.79 Å². The molecule has 12 heavy (non-hydrogen) atoms. The molecule has 0 spiro atoms. The van der Waals surface area contributed by atoms with Gasteiger partial charge in [-0.2, -0.15) is 0 Å². The van der Waals surface area contributed by atoms with Crippen LogP contribution in [0.3, 0.4) is 0 Å². The van der Waals surface area contributed by atoms with E-state index in [0.717, 1.165) is 6.42 Å². The first kappa shape index (κ1) is 14.3. The third kappa shape index (κ3) is 6.47. The van der Waals surface area contributed by atoms with Crippen molar-refractivity contribution in [2.24, 2.45) is 0 Å². The molecule has 0 amide bonds. The van der Waals surface area contributed by atoms with Crippen LogP contribution >= 0.6 is 0 Å². The van der Waals surface area contributed by atoms with Crippen molar-refractivity contribution in [1.29, 1.82) is 0 Å². The summed E-state index contributed by atoms with van der Waals surface area (Å²) >= 11 is 0. The SMILES string of the molecule is CCCC(=O)C=C(C)C(=O)O.[Zr]. The van der Waals surface area contributed by atoms with Crippen LogP contribution in [0.15, 0.2) is 11.6 Å². The maximum absolute atomic E-state index is 10.8. The standard InChI is InChI=1S/C8H12O3.Zr/c1-3-4-7(9)5-6(2)8(10)11;/h5H,3-4H2,1-2H3,(H,10,11);. The molecule has 0 aromatic carbocycles. The fraction of sp³-hybridized carbons (Fsp3) is 0.500.